The van der Waals surface area contributed by atoms with E-state index in [0.29, 0.717) is 10.9 Å². The molecule has 0 radical (unpaired) electrons. The summed E-state index contributed by atoms with van der Waals surface area (Å²) in [5.41, 5.74) is 1.83. The number of fused-ring (bicyclic) bond motifs is 1. The maximum Gasteiger partial charge on any atom is 0.220 e. The Morgan fingerprint density at radius 2 is 2.07 bits per heavy atom. The van der Waals surface area contributed by atoms with Crippen LogP contribution in [0.4, 0.5) is 0 Å². The summed E-state index contributed by atoms with van der Waals surface area (Å²) in [4.78, 5) is 16.4. The number of carbonyl (C=O) groups excluding carboxylic acids is 1. The lowest BCUT2D eigenvalue weighted by molar-refractivity contribution is -0.125. The minimum atomic E-state index is -3.50. The maximum atomic E-state index is 11.9. The van der Waals surface area contributed by atoms with E-state index < -0.39 is 10.0 Å². The first kappa shape index (κ1) is 18.7. The number of amides is 1. The van der Waals surface area contributed by atoms with Gasteiger partial charge < -0.3 is 9.73 Å². The van der Waals surface area contributed by atoms with Crippen molar-refractivity contribution in [2.45, 2.75) is 50.5 Å². The zero-order chi connectivity index (χ0) is 19.2. The number of aromatic nitrogens is 1. The van der Waals surface area contributed by atoms with Gasteiger partial charge in [-0.3, -0.25) is 4.79 Å². The lowest BCUT2D eigenvalue weighted by Crippen LogP contribution is -2.55. The Hall–Kier alpha value is -1.64. The van der Waals surface area contributed by atoms with Gasteiger partial charge in [0.1, 0.15) is 5.52 Å². The van der Waals surface area contributed by atoms with Gasteiger partial charge >= 0.3 is 0 Å². The Bertz CT molecular complexity index is 974. The molecular weight excluding hydrogens is 390 g/mol. The van der Waals surface area contributed by atoms with Crippen LogP contribution in [0.3, 0.4) is 0 Å². The smallest absolute Gasteiger partial charge is 0.220 e. The van der Waals surface area contributed by atoms with E-state index in [2.05, 4.69) is 10.3 Å². The van der Waals surface area contributed by atoms with Gasteiger partial charge in [0.25, 0.3) is 0 Å². The molecule has 2 aromatic rings. The first-order chi connectivity index (χ1) is 12.7. The number of oxazole rings is 1. The second-order valence-electron chi connectivity index (χ2n) is 7.91. The second kappa shape index (κ2) is 6.76. The SMILES string of the molecule is NS(=O)(=O)CCCC(=O)NC1CC2(C1)CC(c1nc3cc(Cl)ccc3o1)C2. The van der Waals surface area contributed by atoms with Crippen molar-refractivity contribution in [1.29, 1.82) is 0 Å². The van der Waals surface area contributed by atoms with Crippen molar-refractivity contribution >= 4 is 38.6 Å². The van der Waals surface area contributed by atoms with E-state index in [0.717, 1.165) is 42.7 Å². The Morgan fingerprint density at radius 3 is 2.78 bits per heavy atom. The molecule has 0 atom stereocenters. The van der Waals surface area contributed by atoms with Gasteiger partial charge in [-0.05, 0) is 55.7 Å². The molecule has 3 N–H and O–H groups in total. The molecular formula is C18H22ClN3O4S. The second-order valence-corrected chi connectivity index (χ2v) is 10.1. The number of hydrogen-bond donors (Lipinski definition) is 2. The van der Waals surface area contributed by atoms with Gasteiger partial charge in [0, 0.05) is 23.4 Å². The third-order valence-corrected chi connectivity index (χ3v) is 6.72. The average molecular weight is 412 g/mol. The summed E-state index contributed by atoms with van der Waals surface area (Å²) in [6.45, 7) is 0. The summed E-state index contributed by atoms with van der Waals surface area (Å²) in [5.74, 6) is 0.827. The minimum Gasteiger partial charge on any atom is -0.440 e. The molecule has 1 aromatic heterocycles. The number of halogens is 1. The van der Waals surface area contributed by atoms with E-state index in [-0.39, 0.29) is 36.0 Å². The third-order valence-electron chi connectivity index (χ3n) is 5.63. The molecule has 1 heterocycles. The lowest BCUT2D eigenvalue weighted by Gasteiger charge is -2.57. The zero-order valence-corrected chi connectivity index (χ0v) is 16.4. The molecule has 0 unspecified atom stereocenters. The highest BCUT2D eigenvalue weighted by Crippen LogP contribution is 2.61. The largest absolute Gasteiger partial charge is 0.440 e. The molecule has 0 aliphatic heterocycles. The van der Waals surface area contributed by atoms with Crippen LogP contribution >= 0.6 is 11.6 Å². The van der Waals surface area contributed by atoms with Crippen LogP contribution in [0.15, 0.2) is 22.6 Å². The van der Waals surface area contributed by atoms with Gasteiger partial charge in [0.15, 0.2) is 11.5 Å². The van der Waals surface area contributed by atoms with Gasteiger partial charge in [-0.2, -0.15) is 0 Å². The molecule has 4 rings (SSSR count). The van der Waals surface area contributed by atoms with Crippen molar-refractivity contribution in [2.75, 3.05) is 5.75 Å². The Labute approximate surface area is 162 Å². The van der Waals surface area contributed by atoms with E-state index in [4.69, 9.17) is 21.2 Å². The Balaban J connectivity index is 1.23. The first-order valence-corrected chi connectivity index (χ1v) is 11.2. The van der Waals surface area contributed by atoms with Gasteiger partial charge in [-0.15, -0.1) is 0 Å². The van der Waals surface area contributed by atoms with Crippen LogP contribution < -0.4 is 10.5 Å². The van der Waals surface area contributed by atoms with E-state index in [1.807, 2.05) is 12.1 Å². The summed E-state index contributed by atoms with van der Waals surface area (Å²) in [6, 6.07) is 5.62. The van der Waals surface area contributed by atoms with Crippen LogP contribution in [0, 0.1) is 5.41 Å². The summed E-state index contributed by atoms with van der Waals surface area (Å²) in [5, 5.41) is 8.56. The highest BCUT2D eigenvalue weighted by Gasteiger charge is 2.54. The summed E-state index contributed by atoms with van der Waals surface area (Å²) in [7, 11) is -3.50. The number of rotatable bonds is 6. The number of sulfonamides is 1. The van der Waals surface area contributed by atoms with Crippen LogP contribution in [-0.4, -0.2) is 31.1 Å². The first-order valence-electron chi connectivity index (χ1n) is 9.07. The maximum absolute atomic E-state index is 11.9. The van der Waals surface area contributed by atoms with E-state index in [1.54, 1.807) is 6.07 Å². The fraction of sp³-hybridized carbons (Fsp3) is 0.556. The monoisotopic (exact) mass is 411 g/mol. The van der Waals surface area contributed by atoms with Gasteiger partial charge in [-0.1, -0.05) is 11.6 Å². The molecule has 2 aliphatic carbocycles. The Morgan fingerprint density at radius 1 is 1.33 bits per heavy atom. The summed E-state index contributed by atoms with van der Waals surface area (Å²) < 4.78 is 27.6. The van der Waals surface area contributed by atoms with Crippen LogP contribution in [-0.2, 0) is 14.8 Å². The molecule has 2 saturated carbocycles. The number of hydrogen-bond acceptors (Lipinski definition) is 5. The number of benzene rings is 1. The van der Waals surface area contributed by atoms with Crippen molar-refractivity contribution in [2.24, 2.45) is 10.6 Å². The van der Waals surface area contributed by atoms with Crippen molar-refractivity contribution < 1.29 is 17.6 Å². The van der Waals surface area contributed by atoms with Crippen molar-refractivity contribution in [1.82, 2.24) is 10.3 Å². The minimum absolute atomic E-state index is 0.106. The molecule has 7 nitrogen and oxygen atoms in total. The van der Waals surface area contributed by atoms with Crippen LogP contribution in [0.25, 0.3) is 11.1 Å². The third kappa shape index (κ3) is 4.12. The highest BCUT2D eigenvalue weighted by atomic mass is 35.5. The number of nitrogens with two attached hydrogens (primary N) is 1. The van der Waals surface area contributed by atoms with Crippen LogP contribution in [0.1, 0.15) is 50.3 Å². The predicted molar refractivity (Wildman–Crippen MR) is 102 cm³/mol. The normalized spacial score (nSPS) is 27.3. The zero-order valence-electron chi connectivity index (χ0n) is 14.8. The molecule has 2 aliphatic rings. The average Bonchev–Trinajstić information content (AvgIpc) is 2.89. The van der Waals surface area contributed by atoms with Gasteiger partial charge in [0.05, 0.1) is 5.75 Å². The standard InChI is InChI=1S/C18H22ClN3O4S/c19-12-3-4-15-14(6-12)22-17(26-15)11-7-18(8-11)9-13(10-18)21-16(23)2-1-5-27(20,24)25/h3-4,6,11,13H,1-2,5,7-10H2,(H,21,23)(H2,20,24,25). The fourth-order valence-electron chi connectivity index (χ4n) is 4.41. The van der Waals surface area contributed by atoms with Crippen molar-refractivity contribution in [3.8, 4) is 0 Å². The number of nitrogens with one attached hydrogen (secondary N) is 1. The molecule has 1 aromatic carbocycles. The van der Waals surface area contributed by atoms with Gasteiger partial charge in [0.2, 0.25) is 15.9 Å². The number of nitrogens with zero attached hydrogens (tertiary/aromatic N) is 1. The topological polar surface area (TPSA) is 115 Å². The van der Waals surface area contributed by atoms with Gasteiger partial charge in [-0.25, -0.2) is 18.5 Å². The quantitative estimate of drug-likeness (QED) is 0.758. The fourth-order valence-corrected chi connectivity index (χ4v) is 5.12. The molecule has 2 fully saturated rings. The highest BCUT2D eigenvalue weighted by molar-refractivity contribution is 7.89. The number of carbonyl (C=O) groups is 1. The van der Waals surface area contributed by atoms with E-state index >= 15 is 0 Å². The molecule has 1 spiro atoms. The number of primary sulfonamides is 1. The molecule has 9 heteroatoms. The molecule has 146 valence electrons. The molecule has 0 bridgehead atoms. The summed E-state index contributed by atoms with van der Waals surface area (Å²) >= 11 is 5.99. The van der Waals surface area contributed by atoms with E-state index in [9.17, 15) is 13.2 Å². The van der Waals surface area contributed by atoms with Crippen LogP contribution in [0.2, 0.25) is 5.02 Å². The van der Waals surface area contributed by atoms with Crippen LogP contribution in [0.5, 0.6) is 0 Å². The lowest BCUT2D eigenvalue weighted by atomic mass is 9.50. The molecule has 0 saturated heterocycles. The van der Waals surface area contributed by atoms with Crippen molar-refractivity contribution in [3.05, 3.63) is 29.1 Å². The molecule has 27 heavy (non-hydrogen) atoms. The summed E-state index contributed by atoms with van der Waals surface area (Å²) in [6.07, 6.45) is 4.39. The Kier molecular flexibility index (Phi) is 4.68. The molecule has 1 amide bonds. The van der Waals surface area contributed by atoms with Crippen molar-refractivity contribution in [3.63, 3.8) is 0 Å². The predicted octanol–water partition coefficient (Wildman–Crippen LogP) is 2.69. The van der Waals surface area contributed by atoms with E-state index in [1.165, 1.54) is 0 Å².